The number of nitrogens with zero attached hydrogens (tertiary/aromatic N) is 3. The molecule has 0 unspecified atom stereocenters. The van der Waals surface area contributed by atoms with Gasteiger partial charge in [-0.1, -0.05) is 48.5 Å². The molecule has 0 saturated carbocycles. The van der Waals surface area contributed by atoms with E-state index in [1.165, 1.54) is 12.1 Å². The maximum absolute atomic E-state index is 14.2. The Morgan fingerprint density at radius 3 is 2.42 bits per heavy atom. The molecule has 5 heteroatoms. The van der Waals surface area contributed by atoms with E-state index in [-0.39, 0.29) is 17.6 Å². The predicted molar refractivity (Wildman–Crippen MR) is 112 cm³/mol. The molecule has 31 heavy (non-hydrogen) atoms. The number of fused-ring (bicyclic) bond motifs is 3. The zero-order valence-corrected chi connectivity index (χ0v) is 16.7. The number of halogens is 1. The van der Waals surface area contributed by atoms with Gasteiger partial charge in [0.15, 0.2) is 11.2 Å². The first-order valence-electron chi connectivity index (χ1n) is 10.5. The molecule has 3 aromatic carbocycles. The standard InChI is InChI=1S/C26H18FN3O/c27-18-11-9-17(10-12-18)23-21-8-3-13-30(21)26(25(23,14-28)15-29)20-7-2-5-16-4-1-6-19(22(16)20)24(26)31/h1-2,4-7,9-12,21,23H,3,8,13H2/t21-,23-,26+/m1/s1. The van der Waals surface area contributed by atoms with Crippen LogP contribution in [0.1, 0.15) is 40.2 Å². The van der Waals surface area contributed by atoms with Crippen LogP contribution >= 0.6 is 0 Å². The van der Waals surface area contributed by atoms with Crippen molar-refractivity contribution < 1.29 is 9.18 Å². The number of ketones is 1. The Hall–Kier alpha value is -3.54. The van der Waals surface area contributed by atoms with Crippen LogP contribution in [0.5, 0.6) is 0 Å². The normalized spacial score (nSPS) is 28.0. The number of benzene rings is 3. The van der Waals surface area contributed by atoms with Crippen molar-refractivity contribution in [3.8, 4) is 12.1 Å². The van der Waals surface area contributed by atoms with Crippen molar-refractivity contribution in [3.63, 3.8) is 0 Å². The zero-order valence-electron chi connectivity index (χ0n) is 16.7. The first kappa shape index (κ1) is 18.2. The summed E-state index contributed by atoms with van der Waals surface area (Å²) in [7, 11) is 0. The average molecular weight is 407 g/mol. The van der Waals surface area contributed by atoms with Crippen molar-refractivity contribution in [1.82, 2.24) is 4.90 Å². The highest BCUT2D eigenvalue weighted by Gasteiger charge is 2.76. The molecular weight excluding hydrogens is 389 g/mol. The monoisotopic (exact) mass is 407 g/mol. The van der Waals surface area contributed by atoms with Crippen LogP contribution in [0.2, 0.25) is 0 Å². The van der Waals surface area contributed by atoms with Crippen LogP contribution in [0.25, 0.3) is 10.8 Å². The lowest BCUT2D eigenvalue weighted by atomic mass is 9.60. The summed E-state index contributed by atoms with van der Waals surface area (Å²) in [6, 6.07) is 22.0. The van der Waals surface area contributed by atoms with Crippen molar-refractivity contribution in [1.29, 1.82) is 10.5 Å². The topological polar surface area (TPSA) is 67.9 Å². The van der Waals surface area contributed by atoms with Crippen LogP contribution in [0.3, 0.4) is 0 Å². The van der Waals surface area contributed by atoms with E-state index in [1.807, 2.05) is 30.3 Å². The highest BCUT2D eigenvalue weighted by Crippen LogP contribution is 2.67. The second-order valence-corrected chi connectivity index (χ2v) is 8.71. The molecule has 2 aliphatic heterocycles. The van der Waals surface area contributed by atoms with Gasteiger partial charge in [-0.3, -0.25) is 9.69 Å². The van der Waals surface area contributed by atoms with Gasteiger partial charge < -0.3 is 0 Å². The molecule has 2 heterocycles. The van der Waals surface area contributed by atoms with Crippen molar-refractivity contribution in [3.05, 3.63) is 83.2 Å². The summed E-state index contributed by atoms with van der Waals surface area (Å²) in [6.07, 6.45) is 1.67. The first-order valence-corrected chi connectivity index (χ1v) is 10.5. The summed E-state index contributed by atoms with van der Waals surface area (Å²) in [5, 5.41) is 23.0. The van der Waals surface area contributed by atoms with Gasteiger partial charge in [-0.25, -0.2) is 4.39 Å². The fraction of sp³-hybridized carbons (Fsp3) is 0.269. The Balaban J connectivity index is 1.72. The van der Waals surface area contributed by atoms with Gasteiger partial charge in [0.05, 0.1) is 12.1 Å². The summed E-state index contributed by atoms with van der Waals surface area (Å²) in [5.41, 5.74) is -0.923. The Kier molecular flexibility index (Phi) is 3.53. The smallest absolute Gasteiger partial charge is 0.191 e. The maximum atomic E-state index is 14.2. The van der Waals surface area contributed by atoms with E-state index < -0.39 is 16.9 Å². The third-order valence-corrected chi connectivity index (χ3v) is 7.60. The lowest BCUT2D eigenvalue weighted by molar-refractivity contribution is 0.0544. The molecule has 0 aromatic heterocycles. The largest absolute Gasteiger partial charge is 0.292 e. The summed E-state index contributed by atoms with van der Waals surface area (Å²) in [5.74, 6) is -1.05. The molecule has 3 atom stereocenters. The van der Waals surface area contributed by atoms with E-state index in [1.54, 1.807) is 18.2 Å². The molecule has 2 fully saturated rings. The van der Waals surface area contributed by atoms with Gasteiger partial charge in [0.1, 0.15) is 11.4 Å². The fourth-order valence-electron chi connectivity index (χ4n) is 6.59. The number of carbonyl (C=O) groups excluding carboxylic acids is 1. The van der Waals surface area contributed by atoms with E-state index in [2.05, 4.69) is 17.0 Å². The molecule has 1 spiro atoms. The van der Waals surface area contributed by atoms with Crippen molar-refractivity contribution in [2.24, 2.45) is 5.41 Å². The van der Waals surface area contributed by atoms with E-state index in [4.69, 9.17) is 0 Å². The average Bonchev–Trinajstić information content (AvgIpc) is 3.43. The lowest BCUT2D eigenvalue weighted by Crippen LogP contribution is -2.54. The summed E-state index contributed by atoms with van der Waals surface area (Å²) in [6.45, 7) is 0.642. The fourth-order valence-corrected chi connectivity index (χ4v) is 6.59. The molecule has 4 nitrogen and oxygen atoms in total. The molecule has 150 valence electrons. The number of hydrogen-bond acceptors (Lipinski definition) is 4. The molecule has 1 aliphatic carbocycles. The van der Waals surface area contributed by atoms with E-state index in [0.29, 0.717) is 12.1 Å². The molecule has 6 rings (SSSR count). The minimum absolute atomic E-state index is 0.140. The Morgan fingerprint density at radius 2 is 1.71 bits per heavy atom. The number of carbonyl (C=O) groups is 1. The minimum atomic E-state index is -1.62. The third kappa shape index (κ3) is 1.89. The van der Waals surface area contributed by atoms with Crippen LogP contribution in [-0.2, 0) is 5.54 Å². The third-order valence-electron chi connectivity index (χ3n) is 7.60. The molecule has 0 radical (unpaired) electrons. The Morgan fingerprint density at radius 1 is 1.00 bits per heavy atom. The van der Waals surface area contributed by atoms with E-state index >= 15 is 0 Å². The van der Waals surface area contributed by atoms with Gasteiger partial charge in [-0.15, -0.1) is 0 Å². The lowest BCUT2D eigenvalue weighted by Gasteiger charge is -2.40. The van der Waals surface area contributed by atoms with Gasteiger partial charge in [0.25, 0.3) is 0 Å². The second kappa shape index (κ2) is 6.00. The zero-order chi connectivity index (χ0) is 21.4. The van der Waals surface area contributed by atoms with E-state index in [9.17, 15) is 19.7 Å². The van der Waals surface area contributed by atoms with E-state index in [0.717, 1.165) is 34.7 Å². The number of Topliss-reactive ketones (excluding diaryl/α,β-unsaturated/α-hetero) is 1. The van der Waals surface area contributed by atoms with Crippen LogP contribution in [0, 0.1) is 33.9 Å². The Labute approximate surface area is 179 Å². The van der Waals surface area contributed by atoms with Gasteiger partial charge in [0, 0.05) is 17.5 Å². The number of hydrogen-bond donors (Lipinski definition) is 0. The van der Waals surface area contributed by atoms with Gasteiger partial charge in [0.2, 0.25) is 0 Å². The highest BCUT2D eigenvalue weighted by molar-refractivity contribution is 6.21. The highest BCUT2D eigenvalue weighted by atomic mass is 19.1. The number of rotatable bonds is 1. The van der Waals surface area contributed by atoms with Crippen molar-refractivity contribution in [2.45, 2.75) is 30.3 Å². The SMILES string of the molecule is N#CC1(C#N)[C@H](c2ccc(F)cc2)[C@H]2CCCN2[C@@]12C(=O)c1cccc3cccc2c13. The molecule has 2 saturated heterocycles. The second-order valence-electron chi connectivity index (χ2n) is 8.71. The maximum Gasteiger partial charge on any atom is 0.191 e. The van der Waals surface area contributed by atoms with Crippen LogP contribution in [0.15, 0.2) is 60.7 Å². The molecular formula is C26H18FN3O. The summed E-state index contributed by atoms with van der Waals surface area (Å²) in [4.78, 5) is 16.3. The molecule has 3 aromatic rings. The minimum Gasteiger partial charge on any atom is -0.292 e. The van der Waals surface area contributed by atoms with Gasteiger partial charge in [-0.05, 0) is 53.4 Å². The van der Waals surface area contributed by atoms with Gasteiger partial charge in [-0.2, -0.15) is 10.5 Å². The molecule has 0 bridgehead atoms. The van der Waals surface area contributed by atoms with Gasteiger partial charge >= 0.3 is 0 Å². The summed E-state index contributed by atoms with van der Waals surface area (Å²) >= 11 is 0. The quantitative estimate of drug-likeness (QED) is 0.588. The molecule has 0 N–H and O–H groups in total. The number of nitriles is 2. The van der Waals surface area contributed by atoms with Crippen LogP contribution in [-0.4, -0.2) is 23.3 Å². The molecule has 3 aliphatic rings. The van der Waals surface area contributed by atoms with Crippen molar-refractivity contribution in [2.75, 3.05) is 6.54 Å². The predicted octanol–water partition coefficient (Wildman–Crippen LogP) is 4.67. The van der Waals surface area contributed by atoms with Crippen LogP contribution in [0.4, 0.5) is 4.39 Å². The first-order chi connectivity index (χ1) is 15.1. The van der Waals surface area contributed by atoms with Crippen LogP contribution < -0.4 is 0 Å². The summed E-state index contributed by atoms with van der Waals surface area (Å²) < 4.78 is 13.7. The Bertz CT molecular complexity index is 1330. The van der Waals surface area contributed by atoms with Crippen molar-refractivity contribution >= 4 is 16.6 Å². The molecule has 0 amide bonds.